The van der Waals surface area contributed by atoms with Crippen molar-refractivity contribution in [3.05, 3.63) is 28.7 Å². The van der Waals surface area contributed by atoms with Crippen molar-refractivity contribution in [2.24, 2.45) is 5.73 Å². The molecule has 5 heteroatoms. The second-order valence-corrected chi connectivity index (χ2v) is 3.68. The highest BCUT2D eigenvalue weighted by Gasteiger charge is 2.03. The van der Waals surface area contributed by atoms with Crippen LogP contribution in [0.1, 0.15) is 6.42 Å². The van der Waals surface area contributed by atoms with Crippen molar-refractivity contribution in [3.63, 3.8) is 0 Å². The number of benzene rings is 1. The zero-order valence-corrected chi connectivity index (χ0v) is 8.97. The van der Waals surface area contributed by atoms with Crippen molar-refractivity contribution in [1.29, 1.82) is 5.41 Å². The molecule has 0 aliphatic carbocycles. The van der Waals surface area contributed by atoms with E-state index in [2.05, 4.69) is 21.2 Å². The quantitative estimate of drug-likeness (QED) is 0.568. The summed E-state index contributed by atoms with van der Waals surface area (Å²) >= 11 is 3.28. The number of nitrogens with one attached hydrogen (secondary N) is 2. The van der Waals surface area contributed by atoms with Crippen molar-refractivity contribution in [2.75, 3.05) is 5.32 Å². The minimum Gasteiger partial charge on any atom is -0.387 e. The Morgan fingerprint density at radius 1 is 1.57 bits per heavy atom. The molecular weight excluding hydrogens is 246 g/mol. The van der Waals surface area contributed by atoms with Crippen LogP contribution in [0.3, 0.4) is 0 Å². The van der Waals surface area contributed by atoms with Crippen LogP contribution in [-0.2, 0) is 4.79 Å². The number of hydrogen-bond acceptors (Lipinski definition) is 2. The van der Waals surface area contributed by atoms with Gasteiger partial charge in [0.25, 0.3) is 0 Å². The lowest BCUT2D eigenvalue weighted by Gasteiger charge is -2.04. The molecule has 0 spiro atoms. The third-order valence-electron chi connectivity index (χ3n) is 1.46. The van der Waals surface area contributed by atoms with E-state index in [9.17, 15) is 4.79 Å². The van der Waals surface area contributed by atoms with E-state index in [1.54, 1.807) is 12.1 Å². The highest BCUT2D eigenvalue weighted by atomic mass is 79.9. The van der Waals surface area contributed by atoms with Gasteiger partial charge in [-0.05, 0) is 18.2 Å². The number of halogens is 1. The van der Waals surface area contributed by atoms with Gasteiger partial charge in [0.2, 0.25) is 5.91 Å². The van der Waals surface area contributed by atoms with Crippen LogP contribution in [0.4, 0.5) is 5.69 Å². The third kappa shape index (κ3) is 3.57. The first-order valence-electron chi connectivity index (χ1n) is 3.96. The van der Waals surface area contributed by atoms with Gasteiger partial charge >= 0.3 is 0 Å². The molecule has 0 atom stereocenters. The Kier molecular flexibility index (Phi) is 3.64. The largest absolute Gasteiger partial charge is 0.387 e. The Morgan fingerprint density at radius 2 is 2.29 bits per heavy atom. The third-order valence-corrected chi connectivity index (χ3v) is 1.95. The lowest BCUT2D eigenvalue weighted by Crippen LogP contribution is -2.20. The first kappa shape index (κ1) is 10.7. The highest BCUT2D eigenvalue weighted by Crippen LogP contribution is 2.15. The Labute approximate surface area is 90.1 Å². The summed E-state index contributed by atoms with van der Waals surface area (Å²) in [5, 5.41) is 9.56. The summed E-state index contributed by atoms with van der Waals surface area (Å²) in [7, 11) is 0. The smallest absolute Gasteiger partial charge is 0.231 e. The van der Waals surface area contributed by atoms with Crippen LogP contribution < -0.4 is 11.1 Å². The molecule has 0 aromatic heterocycles. The molecule has 0 heterocycles. The van der Waals surface area contributed by atoms with Gasteiger partial charge in [-0.2, -0.15) is 0 Å². The zero-order chi connectivity index (χ0) is 10.6. The van der Waals surface area contributed by atoms with E-state index in [1.807, 2.05) is 12.1 Å². The van der Waals surface area contributed by atoms with Gasteiger partial charge in [0.15, 0.2) is 0 Å². The average Bonchev–Trinajstić information content (AvgIpc) is 2.01. The fourth-order valence-electron chi connectivity index (χ4n) is 0.944. The van der Waals surface area contributed by atoms with Gasteiger partial charge < -0.3 is 11.1 Å². The van der Waals surface area contributed by atoms with Gasteiger partial charge in [-0.15, -0.1) is 0 Å². The van der Waals surface area contributed by atoms with Crippen LogP contribution in [0.25, 0.3) is 0 Å². The molecule has 0 radical (unpaired) electrons. The van der Waals surface area contributed by atoms with Gasteiger partial charge in [0.05, 0.1) is 6.42 Å². The predicted molar refractivity (Wildman–Crippen MR) is 59.3 cm³/mol. The number of amides is 1. The van der Waals surface area contributed by atoms with Gasteiger partial charge in [-0.3, -0.25) is 10.2 Å². The molecule has 74 valence electrons. The number of nitrogens with two attached hydrogens (primary N) is 1. The molecule has 0 saturated carbocycles. The molecule has 0 bridgehead atoms. The molecule has 0 aliphatic heterocycles. The molecule has 4 nitrogen and oxygen atoms in total. The number of carbonyl (C=O) groups is 1. The van der Waals surface area contributed by atoms with E-state index in [0.29, 0.717) is 5.69 Å². The van der Waals surface area contributed by atoms with Crippen molar-refractivity contribution < 1.29 is 4.79 Å². The average molecular weight is 256 g/mol. The van der Waals surface area contributed by atoms with Crippen molar-refractivity contribution in [2.45, 2.75) is 6.42 Å². The number of rotatable bonds is 3. The predicted octanol–water partition coefficient (Wildman–Crippen LogP) is 1.71. The lowest BCUT2D eigenvalue weighted by atomic mass is 10.3. The maximum Gasteiger partial charge on any atom is 0.231 e. The topological polar surface area (TPSA) is 79.0 Å². The molecule has 1 aromatic carbocycles. The summed E-state index contributed by atoms with van der Waals surface area (Å²) in [6.07, 6.45) is -0.0769. The van der Waals surface area contributed by atoms with Crippen LogP contribution >= 0.6 is 15.9 Å². The van der Waals surface area contributed by atoms with Crippen LogP contribution in [0.15, 0.2) is 28.7 Å². The van der Waals surface area contributed by atoms with Gasteiger partial charge in [0.1, 0.15) is 5.84 Å². The highest BCUT2D eigenvalue weighted by molar-refractivity contribution is 9.10. The molecule has 0 saturated heterocycles. The van der Waals surface area contributed by atoms with Crippen molar-refractivity contribution >= 4 is 33.4 Å². The van der Waals surface area contributed by atoms with Crippen LogP contribution in [0.5, 0.6) is 0 Å². The van der Waals surface area contributed by atoms with Gasteiger partial charge in [-0.1, -0.05) is 22.0 Å². The van der Waals surface area contributed by atoms with Crippen molar-refractivity contribution in [3.8, 4) is 0 Å². The van der Waals surface area contributed by atoms with Crippen molar-refractivity contribution in [1.82, 2.24) is 0 Å². The minimum atomic E-state index is -0.282. The standard InChI is InChI=1S/C9H10BrN3O/c10-6-2-1-3-7(4-6)13-9(14)5-8(11)12/h1-4H,5H2,(H3,11,12)(H,13,14). The number of amidine groups is 1. The molecular formula is C9H10BrN3O. The number of hydrogen-bond donors (Lipinski definition) is 3. The fraction of sp³-hybridized carbons (Fsp3) is 0.111. The summed E-state index contributed by atoms with van der Waals surface area (Å²) in [6.45, 7) is 0. The van der Waals surface area contributed by atoms with E-state index in [4.69, 9.17) is 11.1 Å². The van der Waals surface area contributed by atoms with E-state index >= 15 is 0 Å². The van der Waals surface area contributed by atoms with E-state index in [0.717, 1.165) is 4.47 Å². The van der Waals surface area contributed by atoms with Crippen LogP contribution in [-0.4, -0.2) is 11.7 Å². The summed E-state index contributed by atoms with van der Waals surface area (Å²) in [5.74, 6) is -0.423. The fourth-order valence-corrected chi connectivity index (χ4v) is 1.34. The molecule has 0 fully saturated rings. The normalized spacial score (nSPS) is 9.50. The Bertz CT molecular complexity index is 365. The first-order valence-corrected chi connectivity index (χ1v) is 4.75. The maximum atomic E-state index is 11.2. The molecule has 4 N–H and O–H groups in total. The lowest BCUT2D eigenvalue weighted by molar-refractivity contribution is -0.115. The molecule has 0 aliphatic rings. The maximum absolute atomic E-state index is 11.2. The van der Waals surface area contributed by atoms with Crippen LogP contribution in [0, 0.1) is 5.41 Å². The molecule has 1 rings (SSSR count). The molecule has 1 amide bonds. The number of anilines is 1. The summed E-state index contributed by atoms with van der Waals surface area (Å²) in [6, 6.07) is 7.22. The summed E-state index contributed by atoms with van der Waals surface area (Å²) in [4.78, 5) is 11.2. The number of carbonyl (C=O) groups excluding carboxylic acids is 1. The second kappa shape index (κ2) is 4.76. The molecule has 1 aromatic rings. The summed E-state index contributed by atoms with van der Waals surface area (Å²) in [5.41, 5.74) is 5.78. The SMILES string of the molecule is N=C(N)CC(=O)Nc1cccc(Br)c1. The van der Waals surface area contributed by atoms with Crippen LogP contribution in [0.2, 0.25) is 0 Å². The Morgan fingerprint density at radius 3 is 2.86 bits per heavy atom. The zero-order valence-electron chi connectivity index (χ0n) is 7.38. The van der Waals surface area contributed by atoms with E-state index in [-0.39, 0.29) is 18.2 Å². The van der Waals surface area contributed by atoms with Gasteiger partial charge in [0, 0.05) is 10.2 Å². The van der Waals surface area contributed by atoms with E-state index < -0.39 is 0 Å². The van der Waals surface area contributed by atoms with Gasteiger partial charge in [-0.25, -0.2) is 0 Å². The Balaban J connectivity index is 2.60. The van der Waals surface area contributed by atoms with E-state index in [1.165, 1.54) is 0 Å². The minimum absolute atomic E-state index is 0.0769. The monoisotopic (exact) mass is 255 g/mol. The summed E-state index contributed by atoms with van der Waals surface area (Å²) < 4.78 is 0.887. The first-order chi connectivity index (χ1) is 6.58. The molecule has 14 heavy (non-hydrogen) atoms. The second-order valence-electron chi connectivity index (χ2n) is 2.76. The molecule has 0 unspecified atom stereocenters. The Hall–Kier alpha value is -1.36.